The average molecular weight is 484 g/mol. The zero-order chi connectivity index (χ0) is 22.6. The van der Waals surface area contributed by atoms with Crippen molar-refractivity contribution in [1.82, 2.24) is 15.0 Å². The molecule has 9 nitrogen and oxygen atoms in total. The van der Waals surface area contributed by atoms with Gasteiger partial charge in [-0.2, -0.15) is 0 Å². The smallest absolute Gasteiger partial charge is 0.375 e. The van der Waals surface area contributed by atoms with Crippen LogP contribution in [0.3, 0.4) is 0 Å². The standard InChI is InChI=1S/C19H26N5O4PS2/c1-11(2)9-14(10-28-29(25,26)27)21-16-15-17(22-18(20)31-15)24-19(23-16)30-12(3)13-7-5-4-6-8-13/h4-8,11-12,14H,9-10H2,1-3H3,(H2,25,26,27)(H3,20,21,22,23,24). The molecule has 0 aliphatic heterocycles. The second kappa shape index (κ2) is 10.2. The molecule has 31 heavy (non-hydrogen) atoms. The zero-order valence-electron chi connectivity index (χ0n) is 17.4. The number of aromatic nitrogens is 3. The molecule has 0 spiro atoms. The quantitative estimate of drug-likeness (QED) is 0.185. The van der Waals surface area contributed by atoms with E-state index in [1.54, 1.807) is 0 Å². The van der Waals surface area contributed by atoms with E-state index in [0.717, 1.165) is 5.56 Å². The summed E-state index contributed by atoms with van der Waals surface area (Å²) in [6.45, 7) is 5.96. The zero-order valence-corrected chi connectivity index (χ0v) is 20.0. The SMILES string of the molecule is CC(C)CC(COP(=O)(O)O)Nc1nc(SC(C)c2ccccc2)nc2nc(N)sc12. The fourth-order valence-electron chi connectivity index (χ4n) is 3.04. The van der Waals surface area contributed by atoms with Crippen molar-refractivity contribution in [1.29, 1.82) is 0 Å². The van der Waals surface area contributed by atoms with Gasteiger partial charge in [-0.1, -0.05) is 67.3 Å². The first-order chi connectivity index (χ1) is 14.6. The van der Waals surface area contributed by atoms with Gasteiger partial charge in [-0.05, 0) is 24.8 Å². The Bertz CT molecular complexity index is 1060. The molecule has 1 aromatic carbocycles. The third-order valence-corrected chi connectivity index (χ3v) is 6.73. The summed E-state index contributed by atoms with van der Waals surface area (Å²) in [6, 6.07) is 9.68. The number of thiazole rings is 1. The van der Waals surface area contributed by atoms with Gasteiger partial charge in [0.05, 0.1) is 12.6 Å². The van der Waals surface area contributed by atoms with Crippen LogP contribution in [0.4, 0.5) is 10.9 Å². The molecule has 0 aliphatic rings. The van der Waals surface area contributed by atoms with Crippen molar-refractivity contribution in [2.75, 3.05) is 17.7 Å². The number of hydrogen-bond acceptors (Lipinski definition) is 9. The number of nitrogen functional groups attached to an aromatic ring is 1. The molecule has 0 aliphatic carbocycles. The molecule has 2 aromatic heterocycles. The maximum atomic E-state index is 11.2. The highest BCUT2D eigenvalue weighted by molar-refractivity contribution is 7.99. The number of nitrogens with two attached hydrogens (primary N) is 1. The van der Waals surface area contributed by atoms with Crippen molar-refractivity contribution in [2.45, 2.75) is 43.6 Å². The van der Waals surface area contributed by atoms with E-state index in [1.165, 1.54) is 23.1 Å². The highest BCUT2D eigenvalue weighted by Crippen LogP contribution is 2.38. The van der Waals surface area contributed by atoms with Crippen LogP contribution in [0.2, 0.25) is 0 Å². The van der Waals surface area contributed by atoms with E-state index in [2.05, 4.69) is 27.2 Å². The van der Waals surface area contributed by atoms with E-state index in [9.17, 15) is 4.57 Å². The summed E-state index contributed by atoms with van der Waals surface area (Å²) >= 11 is 2.76. The maximum absolute atomic E-state index is 11.2. The van der Waals surface area contributed by atoms with Crippen LogP contribution >= 0.6 is 30.9 Å². The molecule has 0 fully saturated rings. The van der Waals surface area contributed by atoms with Gasteiger partial charge < -0.3 is 20.8 Å². The summed E-state index contributed by atoms with van der Waals surface area (Å²) in [5, 5.41) is 4.30. The van der Waals surface area contributed by atoms with Gasteiger partial charge in [0.15, 0.2) is 21.8 Å². The Kier molecular flexibility index (Phi) is 7.90. The van der Waals surface area contributed by atoms with Gasteiger partial charge in [-0.15, -0.1) is 0 Å². The number of nitrogens with one attached hydrogen (secondary N) is 1. The van der Waals surface area contributed by atoms with Crippen molar-refractivity contribution in [2.24, 2.45) is 5.92 Å². The second-order valence-electron chi connectivity index (χ2n) is 7.49. The van der Waals surface area contributed by atoms with Crippen molar-refractivity contribution in [3.8, 4) is 0 Å². The Morgan fingerprint density at radius 3 is 2.55 bits per heavy atom. The Balaban J connectivity index is 1.89. The minimum atomic E-state index is -4.58. The summed E-state index contributed by atoms with van der Waals surface area (Å²) < 4.78 is 16.6. The van der Waals surface area contributed by atoms with E-state index < -0.39 is 7.82 Å². The summed E-state index contributed by atoms with van der Waals surface area (Å²) in [5.74, 6) is 0.801. The molecule has 0 saturated heterocycles. The summed E-state index contributed by atoms with van der Waals surface area (Å²) in [4.78, 5) is 31.7. The summed E-state index contributed by atoms with van der Waals surface area (Å²) in [7, 11) is -4.58. The van der Waals surface area contributed by atoms with Crippen molar-refractivity contribution in [3.05, 3.63) is 35.9 Å². The van der Waals surface area contributed by atoms with Gasteiger partial charge in [0.2, 0.25) is 0 Å². The van der Waals surface area contributed by atoms with Crippen LogP contribution in [0.25, 0.3) is 10.3 Å². The number of nitrogens with zero attached hydrogens (tertiary/aromatic N) is 3. The lowest BCUT2D eigenvalue weighted by atomic mass is 10.0. The van der Waals surface area contributed by atoms with Gasteiger partial charge in [-0.25, -0.2) is 19.5 Å². The molecule has 2 unspecified atom stereocenters. The van der Waals surface area contributed by atoms with Crippen LogP contribution in [0.15, 0.2) is 35.5 Å². The Morgan fingerprint density at radius 2 is 1.90 bits per heavy atom. The predicted octanol–water partition coefficient (Wildman–Crippen LogP) is 4.46. The van der Waals surface area contributed by atoms with Crippen LogP contribution in [0, 0.1) is 5.92 Å². The van der Waals surface area contributed by atoms with Crippen LogP contribution < -0.4 is 11.1 Å². The lowest BCUT2D eigenvalue weighted by Crippen LogP contribution is -2.27. The molecule has 0 saturated carbocycles. The van der Waals surface area contributed by atoms with E-state index in [0.29, 0.717) is 32.9 Å². The first-order valence-electron chi connectivity index (χ1n) is 9.73. The first-order valence-corrected chi connectivity index (χ1v) is 13.0. The molecule has 0 bridgehead atoms. The summed E-state index contributed by atoms with van der Waals surface area (Å²) in [5.41, 5.74) is 7.54. The van der Waals surface area contributed by atoms with Gasteiger partial charge >= 0.3 is 7.82 Å². The number of hydrogen-bond donors (Lipinski definition) is 4. The summed E-state index contributed by atoms with van der Waals surface area (Å²) in [6.07, 6.45) is 0.628. The van der Waals surface area contributed by atoms with Crippen LogP contribution in [-0.2, 0) is 9.09 Å². The van der Waals surface area contributed by atoms with Gasteiger partial charge in [0, 0.05) is 5.25 Å². The molecule has 168 valence electrons. The fraction of sp³-hybridized carbons (Fsp3) is 0.421. The topological polar surface area (TPSA) is 143 Å². The highest BCUT2D eigenvalue weighted by Gasteiger charge is 2.22. The molecule has 5 N–H and O–H groups in total. The largest absolute Gasteiger partial charge is 0.469 e. The molecule has 0 amide bonds. The van der Waals surface area contributed by atoms with E-state index in [-0.39, 0.29) is 23.8 Å². The molecular formula is C19H26N5O4PS2. The number of rotatable bonds is 10. The fourth-order valence-corrected chi connectivity index (χ4v) is 5.03. The van der Waals surface area contributed by atoms with Gasteiger partial charge in [0.25, 0.3) is 0 Å². The Morgan fingerprint density at radius 1 is 1.19 bits per heavy atom. The lowest BCUT2D eigenvalue weighted by Gasteiger charge is -2.22. The Labute approximate surface area is 189 Å². The van der Waals surface area contributed by atoms with Crippen molar-refractivity contribution in [3.63, 3.8) is 0 Å². The van der Waals surface area contributed by atoms with E-state index in [1.807, 2.05) is 44.2 Å². The van der Waals surface area contributed by atoms with Crippen molar-refractivity contribution >= 4 is 52.2 Å². The number of thioether (sulfide) groups is 1. The number of benzene rings is 1. The second-order valence-corrected chi connectivity index (χ2v) is 11.1. The van der Waals surface area contributed by atoms with E-state index >= 15 is 0 Å². The number of anilines is 2. The Hall–Kier alpha value is -1.75. The minimum absolute atomic E-state index is 0.118. The van der Waals surface area contributed by atoms with Crippen molar-refractivity contribution < 1.29 is 18.9 Å². The molecule has 3 aromatic rings. The molecule has 2 atom stereocenters. The first kappa shape index (κ1) is 23.9. The van der Waals surface area contributed by atoms with Gasteiger partial charge in [-0.3, -0.25) is 4.52 Å². The lowest BCUT2D eigenvalue weighted by molar-refractivity contribution is 0.184. The molecular weight excluding hydrogens is 457 g/mol. The van der Waals surface area contributed by atoms with Crippen LogP contribution in [-0.4, -0.2) is 37.4 Å². The van der Waals surface area contributed by atoms with Crippen LogP contribution in [0.5, 0.6) is 0 Å². The third-order valence-electron chi connectivity index (χ3n) is 4.34. The molecule has 12 heteroatoms. The van der Waals surface area contributed by atoms with Gasteiger partial charge in [0.1, 0.15) is 4.70 Å². The minimum Gasteiger partial charge on any atom is -0.375 e. The number of phosphoric ester groups is 1. The third kappa shape index (κ3) is 7.13. The molecule has 0 radical (unpaired) electrons. The maximum Gasteiger partial charge on any atom is 0.469 e. The molecule has 3 rings (SSSR count). The number of phosphoric acid groups is 1. The molecule has 2 heterocycles. The monoisotopic (exact) mass is 483 g/mol. The highest BCUT2D eigenvalue weighted by atomic mass is 32.2. The van der Waals surface area contributed by atoms with E-state index in [4.69, 9.17) is 20.0 Å². The number of fused-ring (bicyclic) bond motifs is 1. The normalized spacial score (nSPS) is 14.1. The predicted molar refractivity (Wildman–Crippen MR) is 125 cm³/mol. The average Bonchev–Trinajstić information content (AvgIpc) is 3.06. The van der Waals surface area contributed by atoms with Crippen LogP contribution in [0.1, 0.15) is 38.0 Å².